The Morgan fingerprint density at radius 3 is 2.51 bits per heavy atom. The fourth-order valence-corrected chi connectivity index (χ4v) is 4.48. The minimum Gasteiger partial charge on any atom is -0.493 e. The molecule has 37 heavy (non-hydrogen) atoms. The molecule has 1 heterocycles. The van der Waals surface area contributed by atoms with Crippen molar-refractivity contribution in [1.29, 1.82) is 0 Å². The van der Waals surface area contributed by atoms with Gasteiger partial charge in [0.15, 0.2) is 0 Å². The number of hydrogen-bond donors (Lipinski definition) is 0. The summed E-state index contributed by atoms with van der Waals surface area (Å²) in [4.78, 5) is 44.3. The molecule has 2 aromatic carbocycles. The van der Waals surface area contributed by atoms with Gasteiger partial charge in [0, 0.05) is 34.2 Å². The largest absolute Gasteiger partial charge is 0.493 e. The summed E-state index contributed by atoms with van der Waals surface area (Å²) in [6.45, 7) is 1.69. The number of benzene rings is 2. The van der Waals surface area contributed by atoms with E-state index < -0.39 is 6.04 Å². The Hall–Kier alpha value is -3.42. The second kappa shape index (κ2) is 13.8. The van der Waals surface area contributed by atoms with E-state index >= 15 is 0 Å². The maximum Gasteiger partial charge on any atom is 0.258 e. The molecule has 0 saturated carbocycles. The van der Waals surface area contributed by atoms with E-state index in [9.17, 15) is 18.8 Å². The van der Waals surface area contributed by atoms with E-state index in [0.717, 1.165) is 24.8 Å². The zero-order valence-corrected chi connectivity index (χ0v) is 22.1. The zero-order valence-electron chi connectivity index (χ0n) is 22.1. The molecule has 0 saturated heterocycles. The van der Waals surface area contributed by atoms with Gasteiger partial charge in [-0.3, -0.25) is 14.4 Å². The third-order valence-electron chi connectivity index (χ3n) is 6.88. The molecule has 0 fully saturated rings. The van der Waals surface area contributed by atoms with Crippen LogP contribution in [0.5, 0.6) is 5.75 Å². The Morgan fingerprint density at radius 1 is 1.03 bits per heavy atom. The number of fused-ring (bicyclic) bond motifs is 1. The second-order valence-electron chi connectivity index (χ2n) is 9.71. The molecule has 1 aliphatic rings. The highest BCUT2D eigenvalue weighted by molar-refractivity contribution is 5.99. The predicted molar refractivity (Wildman–Crippen MR) is 141 cm³/mol. The number of amides is 3. The van der Waals surface area contributed by atoms with Crippen LogP contribution < -0.4 is 4.74 Å². The maximum absolute atomic E-state index is 13.4. The summed E-state index contributed by atoms with van der Waals surface area (Å²) in [7, 11) is 5.21. The van der Waals surface area contributed by atoms with Crippen molar-refractivity contribution in [1.82, 2.24) is 14.7 Å². The maximum atomic E-state index is 13.4. The lowest BCUT2D eigenvalue weighted by molar-refractivity contribution is -0.135. The van der Waals surface area contributed by atoms with Crippen molar-refractivity contribution in [3.05, 3.63) is 65.5 Å². The van der Waals surface area contributed by atoms with Gasteiger partial charge in [-0.1, -0.05) is 24.3 Å². The highest BCUT2D eigenvalue weighted by Crippen LogP contribution is 2.23. The van der Waals surface area contributed by atoms with E-state index in [4.69, 9.17) is 4.74 Å². The Kier molecular flexibility index (Phi) is 10.5. The Labute approximate surface area is 219 Å². The fourth-order valence-electron chi connectivity index (χ4n) is 4.48. The lowest BCUT2D eigenvalue weighted by atomic mass is 10.0. The minimum atomic E-state index is -0.605. The number of likely N-dealkylation sites (N-methyl/N-ethyl adjacent to an activating group) is 3. The van der Waals surface area contributed by atoms with Crippen molar-refractivity contribution in [2.24, 2.45) is 0 Å². The first-order valence-electron chi connectivity index (χ1n) is 13.0. The van der Waals surface area contributed by atoms with Gasteiger partial charge >= 0.3 is 0 Å². The van der Waals surface area contributed by atoms with Crippen molar-refractivity contribution in [3.8, 4) is 5.75 Å². The van der Waals surface area contributed by atoms with E-state index in [-0.39, 0.29) is 30.0 Å². The van der Waals surface area contributed by atoms with Crippen molar-refractivity contribution < 1.29 is 23.5 Å². The minimum absolute atomic E-state index is 0.0478. The summed E-state index contributed by atoms with van der Waals surface area (Å²) in [6.07, 6.45) is 4.74. The van der Waals surface area contributed by atoms with Crippen molar-refractivity contribution >= 4 is 17.7 Å². The number of unbranched alkanes of at least 4 members (excludes halogenated alkanes) is 1. The summed E-state index contributed by atoms with van der Waals surface area (Å²) in [6, 6.07) is 12.5. The highest BCUT2D eigenvalue weighted by Gasteiger charge is 2.31. The molecule has 0 spiro atoms. The first-order valence-corrected chi connectivity index (χ1v) is 13.0. The molecule has 7 nitrogen and oxygen atoms in total. The van der Waals surface area contributed by atoms with Gasteiger partial charge in [0.25, 0.3) is 5.91 Å². The number of halogens is 1. The summed E-state index contributed by atoms with van der Waals surface area (Å²) in [5.74, 6) is -0.151. The van der Waals surface area contributed by atoms with Gasteiger partial charge in [-0.05, 0) is 68.4 Å². The van der Waals surface area contributed by atoms with Crippen LogP contribution in [0.4, 0.5) is 4.39 Å². The molecule has 1 atom stereocenters. The van der Waals surface area contributed by atoms with E-state index in [1.165, 1.54) is 17.0 Å². The van der Waals surface area contributed by atoms with Crippen LogP contribution in [0, 0.1) is 5.82 Å². The molecule has 0 N–H and O–H groups in total. The Morgan fingerprint density at radius 2 is 1.76 bits per heavy atom. The topological polar surface area (TPSA) is 70.2 Å². The lowest BCUT2D eigenvalue weighted by Gasteiger charge is -2.31. The highest BCUT2D eigenvalue weighted by atomic mass is 19.1. The van der Waals surface area contributed by atoms with E-state index in [1.807, 2.05) is 6.07 Å². The summed E-state index contributed by atoms with van der Waals surface area (Å²) < 4.78 is 19.0. The number of para-hydroxylation sites is 1. The van der Waals surface area contributed by atoms with Gasteiger partial charge in [0.2, 0.25) is 11.8 Å². The molecule has 0 aliphatic carbocycles. The molecule has 8 heteroatoms. The number of carbonyl (C=O) groups is 3. The van der Waals surface area contributed by atoms with Crippen LogP contribution in [0.15, 0.2) is 48.5 Å². The monoisotopic (exact) mass is 511 g/mol. The zero-order chi connectivity index (χ0) is 26.8. The summed E-state index contributed by atoms with van der Waals surface area (Å²) in [5, 5.41) is 0. The van der Waals surface area contributed by atoms with Gasteiger partial charge in [0.1, 0.15) is 17.6 Å². The SMILES string of the molecule is CN(CCCC[C@H]1C(=O)N(C)CCCCCOc2ccccc2C(=O)N1C)C(=O)Cc1ccc(F)cc1. The molecule has 2 aromatic rings. The number of ether oxygens (including phenoxy) is 1. The van der Waals surface area contributed by atoms with Gasteiger partial charge in [0.05, 0.1) is 18.6 Å². The normalized spacial score (nSPS) is 17.2. The third kappa shape index (κ3) is 8.03. The van der Waals surface area contributed by atoms with Gasteiger partial charge in [-0.2, -0.15) is 0 Å². The van der Waals surface area contributed by atoms with Crippen LogP contribution >= 0.6 is 0 Å². The molecule has 1 aliphatic heterocycles. The van der Waals surface area contributed by atoms with Crippen LogP contribution in [-0.4, -0.2) is 79.3 Å². The predicted octanol–water partition coefficient (Wildman–Crippen LogP) is 4.16. The van der Waals surface area contributed by atoms with Gasteiger partial charge in [-0.25, -0.2) is 4.39 Å². The molecule has 3 rings (SSSR count). The fraction of sp³-hybridized carbons (Fsp3) is 0.483. The number of rotatable bonds is 7. The molecular formula is C29H38FN3O4. The molecule has 0 aromatic heterocycles. The van der Waals surface area contributed by atoms with Crippen LogP contribution in [0.25, 0.3) is 0 Å². The Bertz CT molecular complexity index is 1060. The average Bonchev–Trinajstić information content (AvgIpc) is 2.90. The molecular weight excluding hydrogens is 473 g/mol. The number of hydrogen-bond acceptors (Lipinski definition) is 4. The van der Waals surface area contributed by atoms with Crippen molar-refractivity contribution in [2.45, 2.75) is 51.0 Å². The summed E-state index contributed by atoms with van der Waals surface area (Å²) in [5.41, 5.74) is 1.22. The lowest BCUT2D eigenvalue weighted by Crippen LogP contribution is -2.48. The average molecular weight is 512 g/mol. The third-order valence-corrected chi connectivity index (χ3v) is 6.88. The molecule has 0 radical (unpaired) electrons. The van der Waals surface area contributed by atoms with Crippen molar-refractivity contribution in [3.63, 3.8) is 0 Å². The second-order valence-corrected chi connectivity index (χ2v) is 9.71. The van der Waals surface area contributed by atoms with Crippen LogP contribution in [0.1, 0.15) is 54.4 Å². The molecule has 0 unspecified atom stereocenters. The first kappa shape index (κ1) is 28.2. The van der Waals surface area contributed by atoms with Gasteiger partial charge < -0.3 is 19.4 Å². The van der Waals surface area contributed by atoms with Crippen LogP contribution in [-0.2, 0) is 16.0 Å². The smallest absolute Gasteiger partial charge is 0.258 e. The van der Waals surface area contributed by atoms with Crippen LogP contribution in [0.3, 0.4) is 0 Å². The van der Waals surface area contributed by atoms with E-state index in [2.05, 4.69) is 0 Å². The molecule has 0 bridgehead atoms. The Balaban J connectivity index is 1.63. The first-order chi connectivity index (χ1) is 17.8. The standard InChI is InChI=1S/C29H38FN3O4/c1-31(27(34)21-22-14-16-23(30)17-15-22)18-9-7-12-25-29(36)32(2)19-8-4-10-20-37-26-13-6-5-11-24(26)28(35)33(25)3/h5-6,11,13-17,25H,4,7-10,12,18-21H2,1-3H3/t25-/m0/s1. The number of carbonyl (C=O) groups excluding carboxylic acids is 3. The van der Waals surface area contributed by atoms with Crippen molar-refractivity contribution in [2.75, 3.05) is 40.8 Å². The van der Waals surface area contributed by atoms with Crippen LogP contribution in [0.2, 0.25) is 0 Å². The van der Waals surface area contributed by atoms with E-state index in [0.29, 0.717) is 50.3 Å². The van der Waals surface area contributed by atoms with E-state index in [1.54, 1.807) is 61.3 Å². The van der Waals surface area contributed by atoms with Gasteiger partial charge in [-0.15, -0.1) is 0 Å². The quantitative estimate of drug-likeness (QED) is 0.524. The summed E-state index contributed by atoms with van der Waals surface area (Å²) >= 11 is 0. The molecule has 3 amide bonds. The number of nitrogens with zero attached hydrogens (tertiary/aromatic N) is 3. The molecule has 200 valence electrons.